The van der Waals surface area contributed by atoms with Gasteiger partial charge >= 0.3 is 5.97 Å². The van der Waals surface area contributed by atoms with Crippen molar-refractivity contribution < 1.29 is 9.90 Å². The second-order valence-corrected chi connectivity index (χ2v) is 2.08. The molecular weight excluding hydrogens is 104 g/mol. The van der Waals surface area contributed by atoms with Crippen molar-refractivity contribution >= 4 is 5.97 Å². The van der Waals surface area contributed by atoms with Crippen molar-refractivity contribution in [1.29, 1.82) is 0 Å². The Hall–Kier alpha value is -0.530. The summed E-state index contributed by atoms with van der Waals surface area (Å²) in [7, 11) is 0. The van der Waals surface area contributed by atoms with Crippen LogP contribution in [0.1, 0.15) is 20.3 Å². The minimum absolute atomic E-state index is 0.395. The van der Waals surface area contributed by atoms with Crippen molar-refractivity contribution in [3.8, 4) is 0 Å². The van der Waals surface area contributed by atoms with Gasteiger partial charge in [-0.1, -0.05) is 13.8 Å². The number of carboxylic acids is 1. The third-order valence-corrected chi connectivity index (χ3v) is 0.662. The van der Waals surface area contributed by atoms with Crippen LogP contribution in [0.15, 0.2) is 0 Å². The third-order valence-electron chi connectivity index (χ3n) is 0.662. The Morgan fingerprint density at radius 2 is 2.25 bits per heavy atom. The molecule has 0 heterocycles. The van der Waals surface area contributed by atoms with E-state index in [-0.39, 0.29) is 0 Å². The first-order chi connectivity index (χ1) is 3.63. The maximum atomic E-state index is 9.79. The van der Waals surface area contributed by atoms with Gasteiger partial charge < -0.3 is 5.11 Å². The molecule has 0 saturated heterocycles. The van der Waals surface area contributed by atoms with Crippen LogP contribution in [0.3, 0.4) is 0 Å². The predicted octanol–water partition coefficient (Wildman–Crippen LogP) is 1.20. The van der Waals surface area contributed by atoms with Gasteiger partial charge in [-0.05, 0) is 12.3 Å². The quantitative estimate of drug-likeness (QED) is 0.598. The average Bonchev–Trinajstić information content (AvgIpc) is 1.61. The van der Waals surface area contributed by atoms with Crippen molar-refractivity contribution in [2.24, 2.45) is 5.92 Å². The molecule has 0 bridgehead atoms. The summed E-state index contributed by atoms with van der Waals surface area (Å²) < 4.78 is 0. The maximum absolute atomic E-state index is 9.79. The van der Waals surface area contributed by atoms with Gasteiger partial charge in [0.1, 0.15) is 6.42 Å². The summed E-state index contributed by atoms with van der Waals surface area (Å²) in [4.78, 5) is 9.79. The third kappa shape index (κ3) is 5.47. The molecule has 0 aliphatic carbocycles. The molecule has 0 fully saturated rings. The van der Waals surface area contributed by atoms with E-state index in [2.05, 4.69) is 6.42 Å². The number of carboxylic acid groups (broad SMARTS) is 1. The molecular formula is C6H10O2. The number of hydrogen-bond donors (Lipinski definition) is 1. The molecule has 8 heavy (non-hydrogen) atoms. The Labute approximate surface area is 49.5 Å². The van der Waals surface area contributed by atoms with E-state index in [9.17, 15) is 4.79 Å². The van der Waals surface area contributed by atoms with Crippen molar-refractivity contribution in [3.05, 3.63) is 6.42 Å². The monoisotopic (exact) mass is 114 g/mol. The van der Waals surface area contributed by atoms with Crippen LogP contribution in [-0.4, -0.2) is 11.1 Å². The largest absolute Gasteiger partial charge is 0.481 e. The number of hydrogen-bond acceptors (Lipinski definition) is 1. The number of rotatable bonds is 3. The van der Waals surface area contributed by atoms with E-state index >= 15 is 0 Å². The summed E-state index contributed by atoms with van der Waals surface area (Å²) in [6.07, 6.45) is 2.80. The fourth-order valence-electron chi connectivity index (χ4n) is 0.291. The van der Waals surface area contributed by atoms with Gasteiger partial charge in [0.15, 0.2) is 0 Å². The first-order valence-corrected chi connectivity index (χ1v) is 2.59. The van der Waals surface area contributed by atoms with Gasteiger partial charge in [-0.15, -0.1) is 0 Å². The number of aliphatic carboxylic acids is 1. The molecule has 0 rings (SSSR count). The molecule has 2 nitrogen and oxygen atoms in total. The van der Waals surface area contributed by atoms with E-state index in [4.69, 9.17) is 5.11 Å². The van der Waals surface area contributed by atoms with E-state index < -0.39 is 5.97 Å². The van der Waals surface area contributed by atoms with Crippen LogP contribution < -0.4 is 0 Å². The van der Waals surface area contributed by atoms with E-state index in [1.807, 2.05) is 13.8 Å². The summed E-state index contributed by atoms with van der Waals surface area (Å²) in [5, 5.41) is 8.05. The summed E-state index contributed by atoms with van der Waals surface area (Å²) in [6, 6.07) is 0. The molecule has 0 amide bonds. The second kappa shape index (κ2) is 3.47. The van der Waals surface area contributed by atoms with Crippen LogP contribution in [0, 0.1) is 12.3 Å². The van der Waals surface area contributed by atoms with E-state index in [0.717, 1.165) is 0 Å². The van der Waals surface area contributed by atoms with Crippen molar-refractivity contribution in [2.45, 2.75) is 20.3 Å². The fraction of sp³-hybridized carbons (Fsp3) is 0.667. The van der Waals surface area contributed by atoms with Gasteiger partial charge in [0.25, 0.3) is 0 Å². The lowest BCUT2D eigenvalue weighted by molar-refractivity contribution is -0.133. The zero-order valence-electron chi connectivity index (χ0n) is 5.14. The van der Waals surface area contributed by atoms with Crippen LogP contribution in [0.5, 0.6) is 0 Å². The van der Waals surface area contributed by atoms with Crippen LogP contribution in [0.4, 0.5) is 0 Å². The average molecular weight is 114 g/mol. The van der Waals surface area contributed by atoms with E-state index in [1.165, 1.54) is 0 Å². The standard InChI is InChI=1S/C6H10O2/c1-5(2)3-4-6(7)8/h5H,3H2,1-2H3,(H,7,8). The Balaban J connectivity index is 3.05. The zero-order valence-corrected chi connectivity index (χ0v) is 5.14. The Kier molecular flexibility index (Phi) is 3.24. The van der Waals surface area contributed by atoms with Crippen LogP contribution >= 0.6 is 0 Å². The van der Waals surface area contributed by atoms with Crippen molar-refractivity contribution in [2.75, 3.05) is 0 Å². The second-order valence-electron chi connectivity index (χ2n) is 2.08. The summed E-state index contributed by atoms with van der Waals surface area (Å²) in [5.41, 5.74) is 0. The maximum Gasteiger partial charge on any atom is 0.312 e. The minimum Gasteiger partial charge on any atom is -0.481 e. The molecule has 0 unspecified atom stereocenters. The van der Waals surface area contributed by atoms with Crippen molar-refractivity contribution in [3.63, 3.8) is 0 Å². The summed E-state index contributed by atoms with van der Waals surface area (Å²) in [5.74, 6) is -0.551. The molecule has 0 atom stereocenters. The molecule has 1 N–H and O–H groups in total. The molecule has 0 aliphatic heterocycles. The first kappa shape index (κ1) is 7.47. The molecule has 0 aromatic carbocycles. The van der Waals surface area contributed by atoms with Gasteiger partial charge in [-0.3, -0.25) is 4.79 Å². The molecule has 0 saturated carbocycles. The van der Waals surface area contributed by atoms with E-state index in [0.29, 0.717) is 12.3 Å². The molecule has 0 aliphatic rings. The van der Waals surface area contributed by atoms with Gasteiger partial charge in [-0.25, -0.2) is 0 Å². The minimum atomic E-state index is -0.946. The zero-order chi connectivity index (χ0) is 6.57. The highest BCUT2D eigenvalue weighted by molar-refractivity contribution is 5.76. The fourth-order valence-corrected chi connectivity index (χ4v) is 0.291. The predicted molar refractivity (Wildman–Crippen MR) is 30.3 cm³/mol. The van der Waals surface area contributed by atoms with Gasteiger partial charge in [0, 0.05) is 0 Å². The normalized spacial score (nSPS) is 9.88. The summed E-state index contributed by atoms with van der Waals surface area (Å²) in [6.45, 7) is 3.91. The van der Waals surface area contributed by atoms with Crippen LogP contribution in [0.25, 0.3) is 0 Å². The molecule has 46 valence electrons. The molecule has 2 heteroatoms. The molecule has 0 spiro atoms. The lowest BCUT2D eigenvalue weighted by atomic mass is 10.1. The first-order valence-electron chi connectivity index (χ1n) is 2.59. The number of carbonyl (C=O) groups is 1. The summed E-state index contributed by atoms with van der Waals surface area (Å²) >= 11 is 0. The Bertz CT molecular complexity index is 76.6. The van der Waals surface area contributed by atoms with Gasteiger partial charge in [-0.2, -0.15) is 0 Å². The van der Waals surface area contributed by atoms with Gasteiger partial charge in [0.2, 0.25) is 0 Å². The molecule has 2 radical (unpaired) electrons. The highest BCUT2D eigenvalue weighted by Gasteiger charge is 1.99. The molecule has 0 aromatic rings. The topological polar surface area (TPSA) is 37.3 Å². The SMILES string of the molecule is CC(C)C[C]C(=O)O. The smallest absolute Gasteiger partial charge is 0.312 e. The lowest BCUT2D eigenvalue weighted by Gasteiger charge is -1.96. The highest BCUT2D eigenvalue weighted by Crippen LogP contribution is 2.00. The Morgan fingerprint density at radius 1 is 1.75 bits per heavy atom. The van der Waals surface area contributed by atoms with Crippen molar-refractivity contribution in [1.82, 2.24) is 0 Å². The molecule has 0 aromatic heterocycles. The highest BCUT2D eigenvalue weighted by atomic mass is 16.4. The van der Waals surface area contributed by atoms with Gasteiger partial charge in [0.05, 0.1) is 0 Å². The van der Waals surface area contributed by atoms with Crippen LogP contribution in [0.2, 0.25) is 0 Å². The van der Waals surface area contributed by atoms with Crippen LogP contribution in [-0.2, 0) is 4.79 Å². The lowest BCUT2D eigenvalue weighted by Crippen LogP contribution is -1.98. The Morgan fingerprint density at radius 3 is 2.38 bits per heavy atom. The van der Waals surface area contributed by atoms with E-state index in [1.54, 1.807) is 0 Å².